The van der Waals surface area contributed by atoms with Crippen molar-refractivity contribution in [3.05, 3.63) is 0 Å². The van der Waals surface area contributed by atoms with E-state index in [1.54, 1.807) is 7.11 Å². The molecule has 1 aliphatic heterocycles. The van der Waals surface area contributed by atoms with E-state index in [2.05, 4.69) is 10.6 Å². The van der Waals surface area contributed by atoms with Crippen LogP contribution in [0.5, 0.6) is 0 Å². The molecule has 1 heterocycles. The topological polar surface area (TPSA) is 67.4 Å². The van der Waals surface area contributed by atoms with E-state index < -0.39 is 0 Å². The molecule has 0 aliphatic carbocycles. The Morgan fingerprint density at radius 1 is 1.60 bits per heavy atom. The molecule has 2 atom stereocenters. The van der Waals surface area contributed by atoms with Gasteiger partial charge in [0.05, 0.1) is 6.04 Å². The van der Waals surface area contributed by atoms with E-state index in [1.807, 2.05) is 6.92 Å². The van der Waals surface area contributed by atoms with Crippen LogP contribution in [0.3, 0.4) is 0 Å². The predicted octanol–water partition coefficient (Wildman–Crippen LogP) is -0.336. The van der Waals surface area contributed by atoms with Crippen LogP contribution in [0, 0.1) is 5.92 Å². The van der Waals surface area contributed by atoms with Crippen molar-refractivity contribution in [1.82, 2.24) is 10.6 Å². The zero-order valence-corrected chi connectivity index (χ0v) is 9.21. The third kappa shape index (κ3) is 3.97. The van der Waals surface area contributed by atoms with E-state index in [-0.39, 0.29) is 17.9 Å². The average molecular weight is 214 g/mol. The van der Waals surface area contributed by atoms with Gasteiger partial charge in [-0.3, -0.25) is 14.9 Å². The highest BCUT2D eigenvalue weighted by Crippen LogP contribution is 2.05. The van der Waals surface area contributed by atoms with Gasteiger partial charge in [0, 0.05) is 26.7 Å². The fourth-order valence-corrected chi connectivity index (χ4v) is 1.58. The summed E-state index contributed by atoms with van der Waals surface area (Å²) in [6.45, 7) is 3.43. The first-order valence-corrected chi connectivity index (χ1v) is 5.19. The largest absolute Gasteiger partial charge is 0.384 e. The van der Waals surface area contributed by atoms with E-state index in [4.69, 9.17) is 4.74 Å². The van der Waals surface area contributed by atoms with Gasteiger partial charge in [-0.25, -0.2) is 0 Å². The number of imide groups is 1. The number of nitrogens with one attached hydrogen (secondary N) is 2. The molecular weight excluding hydrogens is 196 g/mol. The summed E-state index contributed by atoms with van der Waals surface area (Å²) in [5.74, 6) is -0.0284. The first-order valence-electron chi connectivity index (χ1n) is 5.19. The van der Waals surface area contributed by atoms with Crippen LogP contribution in [0.15, 0.2) is 0 Å². The molecule has 0 saturated carbocycles. The minimum atomic E-state index is -0.234. The summed E-state index contributed by atoms with van der Waals surface area (Å²) in [6, 6.07) is -0.234. The van der Waals surface area contributed by atoms with Gasteiger partial charge in [0.25, 0.3) is 0 Å². The minimum Gasteiger partial charge on any atom is -0.384 e. The average Bonchev–Trinajstić information content (AvgIpc) is 2.17. The predicted molar refractivity (Wildman–Crippen MR) is 55.2 cm³/mol. The van der Waals surface area contributed by atoms with Crippen LogP contribution >= 0.6 is 0 Å². The Morgan fingerprint density at radius 2 is 2.33 bits per heavy atom. The van der Waals surface area contributed by atoms with E-state index in [9.17, 15) is 9.59 Å². The zero-order chi connectivity index (χ0) is 11.3. The van der Waals surface area contributed by atoms with Crippen LogP contribution in [0.4, 0.5) is 0 Å². The quantitative estimate of drug-likeness (QED) is 0.615. The van der Waals surface area contributed by atoms with Crippen LogP contribution in [0.2, 0.25) is 0 Å². The van der Waals surface area contributed by atoms with Crippen molar-refractivity contribution in [2.24, 2.45) is 5.92 Å². The minimum absolute atomic E-state index is 0.178. The molecule has 0 aromatic rings. The van der Waals surface area contributed by atoms with Crippen molar-refractivity contribution in [3.63, 3.8) is 0 Å². The fraction of sp³-hybridized carbons (Fsp3) is 0.800. The molecule has 5 nitrogen and oxygen atoms in total. The summed E-state index contributed by atoms with van der Waals surface area (Å²) >= 11 is 0. The number of carbonyl (C=O) groups is 2. The number of ether oxygens (including phenoxy) is 1. The molecule has 0 radical (unpaired) electrons. The maximum atomic E-state index is 11.3. The molecular formula is C10H18N2O3. The van der Waals surface area contributed by atoms with Crippen molar-refractivity contribution in [2.75, 3.05) is 20.3 Å². The third-order valence-electron chi connectivity index (χ3n) is 2.40. The van der Waals surface area contributed by atoms with E-state index in [0.29, 0.717) is 25.4 Å². The monoisotopic (exact) mass is 214 g/mol. The zero-order valence-electron chi connectivity index (χ0n) is 9.21. The molecule has 1 saturated heterocycles. The Morgan fingerprint density at radius 3 is 2.93 bits per heavy atom. The van der Waals surface area contributed by atoms with Gasteiger partial charge in [-0.05, 0) is 12.3 Å². The molecule has 5 heteroatoms. The van der Waals surface area contributed by atoms with Crippen molar-refractivity contribution in [3.8, 4) is 0 Å². The number of carbonyl (C=O) groups excluding carboxylic acids is 2. The lowest BCUT2D eigenvalue weighted by molar-refractivity contribution is -0.134. The molecule has 15 heavy (non-hydrogen) atoms. The van der Waals surface area contributed by atoms with Crippen LogP contribution in [-0.2, 0) is 14.3 Å². The van der Waals surface area contributed by atoms with Crippen molar-refractivity contribution in [2.45, 2.75) is 25.8 Å². The van der Waals surface area contributed by atoms with Crippen LogP contribution in [0.1, 0.15) is 19.8 Å². The number of hydrogen-bond acceptors (Lipinski definition) is 4. The molecule has 0 bridgehead atoms. The molecule has 1 rings (SSSR count). The van der Waals surface area contributed by atoms with Gasteiger partial charge in [-0.15, -0.1) is 0 Å². The summed E-state index contributed by atoms with van der Waals surface area (Å²) < 4.78 is 4.99. The first-order chi connectivity index (χ1) is 7.13. The van der Waals surface area contributed by atoms with Gasteiger partial charge in [0.15, 0.2) is 0 Å². The van der Waals surface area contributed by atoms with Crippen molar-refractivity contribution in [1.29, 1.82) is 0 Å². The fourth-order valence-electron chi connectivity index (χ4n) is 1.58. The Kier molecular flexibility index (Phi) is 4.71. The summed E-state index contributed by atoms with van der Waals surface area (Å²) in [6.07, 6.45) is 1.01. The van der Waals surface area contributed by atoms with Gasteiger partial charge in [0.1, 0.15) is 0 Å². The van der Waals surface area contributed by atoms with Gasteiger partial charge in [0.2, 0.25) is 11.8 Å². The van der Waals surface area contributed by atoms with Gasteiger partial charge in [-0.1, -0.05) is 6.92 Å². The van der Waals surface area contributed by atoms with E-state index in [0.717, 1.165) is 6.54 Å². The maximum Gasteiger partial charge on any atom is 0.243 e. The Bertz CT molecular complexity index is 243. The molecule has 2 amide bonds. The van der Waals surface area contributed by atoms with Crippen molar-refractivity contribution >= 4 is 11.8 Å². The smallest absolute Gasteiger partial charge is 0.243 e. The van der Waals surface area contributed by atoms with Gasteiger partial charge in [-0.2, -0.15) is 0 Å². The number of hydrogen-bond donors (Lipinski definition) is 2. The molecule has 1 aliphatic rings. The lowest BCUT2D eigenvalue weighted by Gasteiger charge is -2.23. The van der Waals surface area contributed by atoms with Gasteiger partial charge >= 0.3 is 0 Å². The molecule has 86 valence electrons. The highest BCUT2D eigenvalue weighted by atomic mass is 16.5. The van der Waals surface area contributed by atoms with Gasteiger partial charge < -0.3 is 10.1 Å². The van der Waals surface area contributed by atoms with Crippen molar-refractivity contribution < 1.29 is 14.3 Å². The highest BCUT2D eigenvalue weighted by molar-refractivity contribution is 6.00. The normalized spacial score (nSPS) is 23.7. The standard InChI is InChI=1S/C10H18N2O3/c1-7(6-15-2)5-11-8-3-4-9(13)12-10(8)14/h7-8,11H,3-6H2,1-2H3,(H,12,13,14). The summed E-state index contributed by atoms with van der Waals surface area (Å²) in [7, 11) is 1.66. The molecule has 2 unspecified atom stereocenters. The second-order valence-electron chi connectivity index (χ2n) is 3.97. The van der Waals surface area contributed by atoms with Crippen LogP contribution in [0.25, 0.3) is 0 Å². The number of rotatable bonds is 5. The molecule has 2 N–H and O–H groups in total. The lowest BCUT2D eigenvalue weighted by atomic mass is 10.1. The molecule has 0 aromatic heterocycles. The van der Waals surface area contributed by atoms with Crippen LogP contribution in [-0.4, -0.2) is 38.1 Å². The second kappa shape index (κ2) is 5.82. The second-order valence-corrected chi connectivity index (χ2v) is 3.97. The highest BCUT2D eigenvalue weighted by Gasteiger charge is 2.26. The number of piperidine rings is 1. The molecule has 1 fully saturated rings. The first kappa shape index (κ1) is 12.1. The number of amides is 2. The Labute approximate surface area is 89.6 Å². The Hall–Kier alpha value is -0.940. The van der Waals surface area contributed by atoms with Crippen LogP contribution < -0.4 is 10.6 Å². The summed E-state index contributed by atoms with van der Waals surface area (Å²) in [5.41, 5.74) is 0. The van der Waals surface area contributed by atoms with E-state index >= 15 is 0 Å². The summed E-state index contributed by atoms with van der Waals surface area (Å²) in [4.78, 5) is 22.2. The third-order valence-corrected chi connectivity index (χ3v) is 2.40. The summed E-state index contributed by atoms with van der Waals surface area (Å²) in [5, 5.41) is 5.45. The Balaban J connectivity index is 2.26. The lowest BCUT2D eigenvalue weighted by Crippen LogP contribution is -2.51. The SMILES string of the molecule is COCC(C)CNC1CCC(=O)NC1=O. The number of methoxy groups -OCH3 is 1. The van der Waals surface area contributed by atoms with E-state index in [1.165, 1.54) is 0 Å². The maximum absolute atomic E-state index is 11.3. The molecule has 0 aromatic carbocycles. The molecule has 0 spiro atoms.